The molecule has 4 heteroatoms. The number of carbonyl (C=O) groups excluding carboxylic acids is 1. The number of nitrogens with zero attached hydrogens (tertiary/aromatic N) is 3. The van der Waals surface area contributed by atoms with E-state index in [1.807, 2.05) is 23.9 Å². The Balaban J connectivity index is 1.86. The molecule has 0 radical (unpaired) electrons. The molecule has 0 atom stereocenters. The first-order chi connectivity index (χ1) is 9.09. The van der Waals surface area contributed by atoms with Gasteiger partial charge in [-0.05, 0) is 45.8 Å². The van der Waals surface area contributed by atoms with Crippen molar-refractivity contribution in [3.8, 4) is 0 Å². The zero-order chi connectivity index (χ0) is 13.8. The lowest BCUT2D eigenvalue weighted by atomic mass is 9.94. The van der Waals surface area contributed by atoms with E-state index in [2.05, 4.69) is 11.9 Å². The van der Waals surface area contributed by atoms with Gasteiger partial charge in [0.1, 0.15) is 0 Å². The van der Waals surface area contributed by atoms with Gasteiger partial charge in [-0.25, -0.2) is 4.79 Å². The molecule has 1 saturated heterocycles. The van der Waals surface area contributed by atoms with Gasteiger partial charge in [-0.1, -0.05) is 19.3 Å². The van der Waals surface area contributed by atoms with Crippen molar-refractivity contribution in [2.75, 3.05) is 34.2 Å². The molecule has 0 aromatic heterocycles. The van der Waals surface area contributed by atoms with Crippen LogP contribution in [0.15, 0.2) is 0 Å². The van der Waals surface area contributed by atoms with Crippen LogP contribution in [0.4, 0.5) is 4.79 Å². The van der Waals surface area contributed by atoms with Crippen molar-refractivity contribution >= 4 is 6.03 Å². The van der Waals surface area contributed by atoms with Crippen LogP contribution in [0.1, 0.15) is 44.9 Å². The zero-order valence-electron chi connectivity index (χ0n) is 12.8. The molecule has 0 unspecified atom stereocenters. The third-order valence-electron chi connectivity index (χ3n) is 4.96. The van der Waals surface area contributed by atoms with Crippen LogP contribution in [-0.2, 0) is 0 Å². The van der Waals surface area contributed by atoms with Gasteiger partial charge >= 0.3 is 6.03 Å². The summed E-state index contributed by atoms with van der Waals surface area (Å²) in [5.74, 6) is 0. The summed E-state index contributed by atoms with van der Waals surface area (Å²) in [5.41, 5.74) is 0. The fraction of sp³-hybridized carbons (Fsp3) is 0.933. The molecule has 2 fully saturated rings. The standard InChI is InChI=1S/C15H29N3O/c1-16-11-9-14(10-12-16)18(3)15(19)17(2)13-7-5-4-6-8-13/h13-14H,4-12H2,1-3H3. The topological polar surface area (TPSA) is 26.8 Å². The molecule has 2 rings (SSSR count). The van der Waals surface area contributed by atoms with Crippen LogP contribution >= 0.6 is 0 Å². The summed E-state index contributed by atoms with van der Waals surface area (Å²) in [6, 6.07) is 1.12. The first-order valence-electron chi connectivity index (χ1n) is 7.77. The summed E-state index contributed by atoms with van der Waals surface area (Å²) >= 11 is 0. The number of urea groups is 1. The lowest BCUT2D eigenvalue weighted by molar-refractivity contribution is 0.108. The summed E-state index contributed by atoms with van der Waals surface area (Å²) < 4.78 is 0. The molecule has 110 valence electrons. The summed E-state index contributed by atoms with van der Waals surface area (Å²) in [6.07, 6.45) is 8.48. The van der Waals surface area contributed by atoms with Crippen molar-refractivity contribution in [1.29, 1.82) is 0 Å². The molecule has 0 aromatic carbocycles. The number of rotatable bonds is 2. The van der Waals surface area contributed by atoms with Crippen LogP contribution in [-0.4, -0.2) is 67.0 Å². The molecule has 0 aromatic rings. The minimum absolute atomic E-state index is 0.224. The van der Waals surface area contributed by atoms with Crippen molar-refractivity contribution in [2.24, 2.45) is 0 Å². The monoisotopic (exact) mass is 267 g/mol. The quantitative estimate of drug-likeness (QED) is 0.768. The van der Waals surface area contributed by atoms with Crippen molar-refractivity contribution in [3.05, 3.63) is 0 Å². The number of likely N-dealkylation sites (tertiary alicyclic amines) is 1. The maximum atomic E-state index is 12.6. The second-order valence-corrected chi connectivity index (χ2v) is 6.33. The zero-order valence-corrected chi connectivity index (χ0v) is 12.8. The minimum atomic E-state index is 0.224. The van der Waals surface area contributed by atoms with E-state index in [4.69, 9.17) is 0 Å². The largest absolute Gasteiger partial charge is 0.325 e. The lowest BCUT2D eigenvalue weighted by Gasteiger charge is -2.39. The molecule has 1 aliphatic heterocycles. The van der Waals surface area contributed by atoms with Gasteiger partial charge in [0.25, 0.3) is 0 Å². The Bertz CT molecular complexity index is 294. The summed E-state index contributed by atoms with van der Waals surface area (Å²) in [7, 11) is 6.13. The van der Waals surface area contributed by atoms with Gasteiger partial charge in [0.05, 0.1) is 0 Å². The van der Waals surface area contributed by atoms with Gasteiger partial charge in [0.2, 0.25) is 0 Å². The first kappa shape index (κ1) is 14.6. The van der Waals surface area contributed by atoms with Crippen molar-refractivity contribution in [1.82, 2.24) is 14.7 Å². The maximum absolute atomic E-state index is 12.6. The minimum Gasteiger partial charge on any atom is -0.325 e. The number of hydrogen-bond acceptors (Lipinski definition) is 2. The Hall–Kier alpha value is -0.770. The number of hydrogen-bond donors (Lipinski definition) is 0. The second-order valence-electron chi connectivity index (χ2n) is 6.33. The number of amides is 2. The van der Waals surface area contributed by atoms with Crippen molar-refractivity contribution in [2.45, 2.75) is 57.0 Å². The Morgan fingerprint density at radius 2 is 1.37 bits per heavy atom. The maximum Gasteiger partial charge on any atom is 0.319 e. The van der Waals surface area contributed by atoms with Gasteiger partial charge in [-0.2, -0.15) is 0 Å². The Labute approximate surface area is 117 Å². The van der Waals surface area contributed by atoms with Crippen LogP contribution in [0.25, 0.3) is 0 Å². The Kier molecular flexibility index (Phi) is 5.08. The molecule has 1 heterocycles. The average Bonchev–Trinajstić information content (AvgIpc) is 2.46. The SMILES string of the molecule is CN1CCC(N(C)C(=O)N(C)C2CCCCC2)CC1. The highest BCUT2D eigenvalue weighted by Crippen LogP contribution is 2.23. The van der Waals surface area contributed by atoms with E-state index in [-0.39, 0.29) is 6.03 Å². The van der Waals surface area contributed by atoms with E-state index in [1.165, 1.54) is 32.1 Å². The molecule has 19 heavy (non-hydrogen) atoms. The van der Waals surface area contributed by atoms with Gasteiger partial charge < -0.3 is 14.7 Å². The van der Waals surface area contributed by atoms with Crippen molar-refractivity contribution < 1.29 is 4.79 Å². The molecule has 0 spiro atoms. The van der Waals surface area contributed by atoms with Gasteiger partial charge in [-0.3, -0.25) is 0 Å². The van der Waals surface area contributed by atoms with Crippen molar-refractivity contribution in [3.63, 3.8) is 0 Å². The number of piperidine rings is 1. The van der Waals surface area contributed by atoms with E-state index >= 15 is 0 Å². The van der Waals surface area contributed by atoms with E-state index in [1.54, 1.807) is 0 Å². The molecule has 1 aliphatic carbocycles. The fourth-order valence-electron chi connectivity index (χ4n) is 3.41. The van der Waals surface area contributed by atoms with Crippen LogP contribution in [0.2, 0.25) is 0 Å². The molecule has 0 N–H and O–H groups in total. The van der Waals surface area contributed by atoms with Gasteiger partial charge in [0, 0.05) is 26.2 Å². The van der Waals surface area contributed by atoms with E-state index in [0.717, 1.165) is 25.9 Å². The van der Waals surface area contributed by atoms with Gasteiger partial charge in [-0.15, -0.1) is 0 Å². The summed E-state index contributed by atoms with van der Waals surface area (Å²) in [6.45, 7) is 2.21. The second kappa shape index (κ2) is 6.60. The van der Waals surface area contributed by atoms with E-state index in [9.17, 15) is 4.79 Å². The lowest BCUT2D eigenvalue weighted by Crippen LogP contribution is -2.51. The normalized spacial score (nSPS) is 23.3. The molecule has 2 aliphatic rings. The van der Waals surface area contributed by atoms with E-state index in [0.29, 0.717) is 12.1 Å². The Morgan fingerprint density at radius 1 is 0.895 bits per heavy atom. The predicted octanol–water partition coefficient (Wildman–Crippen LogP) is 2.40. The fourth-order valence-corrected chi connectivity index (χ4v) is 3.41. The molecular formula is C15H29N3O. The van der Waals surface area contributed by atoms with Crippen LogP contribution in [0, 0.1) is 0 Å². The third kappa shape index (κ3) is 3.62. The highest BCUT2D eigenvalue weighted by atomic mass is 16.2. The molecule has 0 bridgehead atoms. The molecule has 4 nitrogen and oxygen atoms in total. The summed E-state index contributed by atoms with van der Waals surface area (Å²) in [4.78, 5) is 18.9. The molecular weight excluding hydrogens is 238 g/mol. The highest BCUT2D eigenvalue weighted by molar-refractivity contribution is 5.74. The van der Waals surface area contributed by atoms with Crippen LogP contribution in [0.5, 0.6) is 0 Å². The molecule has 2 amide bonds. The third-order valence-corrected chi connectivity index (χ3v) is 4.96. The predicted molar refractivity (Wildman–Crippen MR) is 78.3 cm³/mol. The molecule has 1 saturated carbocycles. The summed E-state index contributed by atoms with van der Waals surface area (Å²) in [5, 5.41) is 0. The number of carbonyl (C=O) groups is 1. The first-order valence-corrected chi connectivity index (χ1v) is 7.77. The van der Waals surface area contributed by atoms with E-state index < -0.39 is 0 Å². The highest BCUT2D eigenvalue weighted by Gasteiger charge is 2.29. The van der Waals surface area contributed by atoms with Crippen LogP contribution < -0.4 is 0 Å². The average molecular weight is 267 g/mol. The van der Waals surface area contributed by atoms with Crippen LogP contribution in [0.3, 0.4) is 0 Å². The Morgan fingerprint density at radius 3 is 1.89 bits per heavy atom. The smallest absolute Gasteiger partial charge is 0.319 e. The van der Waals surface area contributed by atoms with Gasteiger partial charge in [0.15, 0.2) is 0 Å².